The van der Waals surface area contributed by atoms with Crippen molar-refractivity contribution < 1.29 is 9.18 Å². The third-order valence-corrected chi connectivity index (χ3v) is 3.86. The molecule has 2 rings (SSSR count). The average Bonchev–Trinajstić information content (AvgIpc) is 2.46. The van der Waals surface area contributed by atoms with Crippen molar-refractivity contribution in [3.8, 4) is 0 Å². The molecule has 0 saturated carbocycles. The first-order valence-electron chi connectivity index (χ1n) is 7.04. The molecule has 1 aromatic carbocycles. The van der Waals surface area contributed by atoms with Crippen molar-refractivity contribution in [2.24, 2.45) is 11.7 Å². The third-order valence-electron chi connectivity index (χ3n) is 3.86. The summed E-state index contributed by atoms with van der Waals surface area (Å²) in [6.45, 7) is 3.38. The molecule has 1 aliphatic heterocycles. The van der Waals surface area contributed by atoms with Crippen LogP contribution in [0.5, 0.6) is 0 Å². The number of hydrogen-bond acceptors (Lipinski definition) is 3. The van der Waals surface area contributed by atoms with Crippen molar-refractivity contribution in [2.75, 3.05) is 25.0 Å². The normalized spacial score (nSPS) is 20.6. The number of piperidine rings is 1. The smallest absolute Gasteiger partial charge is 0.224 e. The molecule has 0 aliphatic carbocycles. The topological polar surface area (TPSA) is 58.4 Å². The number of carbonyl (C=O) groups excluding carboxylic acids is 1. The summed E-state index contributed by atoms with van der Waals surface area (Å²) >= 11 is 0. The summed E-state index contributed by atoms with van der Waals surface area (Å²) in [5.74, 6) is -0.222. The summed E-state index contributed by atoms with van der Waals surface area (Å²) in [7, 11) is 1.66. The first-order valence-corrected chi connectivity index (χ1v) is 7.04. The number of rotatable bonds is 3. The molecule has 1 aromatic rings. The Balaban J connectivity index is 2.24. The zero-order chi connectivity index (χ0) is 14.7. The fourth-order valence-electron chi connectivity index (χ4n) is 2.79. The van der Waals surface area contributed by atoms with E-state index in [4.69, 9.17) is 5.73 Å². The summed E-state index contributed by atoms with van der Waals surface area (Å²) in [5, 5.41) is 2.70. The van der Waals surface area contributed by atoms with Crippen molar-refractivity contribution in [3.05, 3.63) is 29.6 Å². The van der Waals surface area contributed by atoms with Crippen molar-refractivity contribution in [2.45, 2.75) is 25.8 Å². The monoisotopic (exact) mass is 279 g/mol. The van der Waals surface area contributed by atoms with Gasteiger partial charge in [0, 0.05) is 31.9 Å². The number of halogens is 1. The number of nitrogens with one attached hydrogen (secondary N) is 1. The fraction of sp³-hybridized carbons (Fsp3) is 0.533. The van der Waals surface area contributed by atoms with Crippen molar-refractivity contribution in [3.63, 3.8) is 0 Å². The van der Waals surface area contributed by atoms with Crippen LogP contribution in [0.2, 0.25) is 0 Å². The number of carbonyl (C=O) groups is 1. The lowest BCUT2D eigenvalue weighted by atomic mass is 9.95. The van der Waals surface area contributed by atoms with Gasteiger partial charge in [-0.25, -0.2) is 4.39 Å². The highest BCUT2D eigenvalue weighted by Crippen LogP contribution is 2.30. The lowest BCUT2D eigenvalue weighted by molar-refractivity contribution is -0.124. The van der Waals surface area contributed by atoms with E-state index >= 15 is 0 Å². The van der Waals surface area contributed by atoms with Crippen LogP contribution in [0, 0.1) is 11.7 Å². The van der Waals surface area contributed by atoms with E-state index in [0.29, 0.717) is 6.54 Å². The van der Waals surface area contributed by atoms with E-state index in [-0.39, 0.29) is 23.7 Å². The lowest BCUT2D eigenvalue weighted by Gasteiger charge is -2.35. The van der Waals surface area contributed by atoms with Crippen LogP contribution in [0.1, 0.15) is 31.4 Å². The van der Waals surface area contributed by atoms with E-state index in [1.165, 1.54) is 12.1 Å². The van der Waals surface area contributed by atoms with Crippen LogP contribution in [0.25, 0.3) is 0 Å². The van der Waals surface area contributed by atoms with E-state index in [1.54, 1.807) is 13.1 Å². The molecular formula is C15H22FN3O. The van der Waals surface area contributed by atoms with Crippen LogP contribution < -0.4 is 16.0 Å². The minimum Gasteiger partial charge on any atom is -0.370 e. The van der Waals surface area contributed by atoms with Gasteiger partial charge in [-0.3, -0.25) is 4.79 Å². The number of nitrogens with zero attached hydrogens (tertiary/aromatic N) is 1. The molecule has 2 atom stereocenters. The Morgan fingerprint density at radius 2 is 2.30 bits per heavy atom. The Morgan fingerprint density at radius 3 is 2.95 bits per heavy atom. The molecule has 0 bridgehead atoms. The lowest BCUT2D eigenvalue weighted by Crippen LogP contribution is -2.42. The van der Waals surface area contributed by atoms with Crippen molar-refractivity contribution >= 4 is 11.6 Å². The molecule has 110 valence electrons. The number of nitrogens with two attached hydrogens (primary N) is 1. The van der Waals surface area contributed by atoms with Gasteiger partial charge >= 0.3 is 0 Å². The Morgan fingerprint density at radius 1 is 1.55 bits per heavy atom. The second kappa shape index (κ2) is 6.22. The molecule has 3 N–H and O–H groups in total. The zero-order valence-electron chi connectivity index (χ0n) is 12.0. The van der Waals surface area contributed by atoms with Crippen LogP contribution in [-0.2, 0) is 4.79 Å². The number of hydrogen-bond donors (Lipinski definition) is 2. The predicted molar refractivity (Wildman–Crippen MR) is 78.0 cm³/mol. The summed E-state index contributed by atoms with van der Waals surface area (Å²) in [5.41, 5.74) is 7.67. The van der Waals surface area contributed by atoms with Crippen LogP contribution in [0.15, 0.2) is 18.2 Å². The largest absolute Gasteiger partial charge is 0.370 e. The standard InChI is InChI=1S/C15H22FN3O/c1-10(17)13-8-12(16)5-6-14(13)19-7-3-4-11(9-19)15(20)18-2/h5-6,8,10-11H,3-4,7,9,17H2,1-2H3,(H,18,20). The van der Waals surface area contributed by atoms with Gasteiger partial charge in [-0.05, 0) is 43.5 Å². The minimum absolute atomic E-state index is 0.0141. The Hall–Kier alpha value is -1.62. The van der Waals surface area contributed by atoms with E-state index in [0.717, 1.165) is 30.6 Å². The van der Waals surface area contributed by atoms with Gasteiger partial charge in [-0.15, -0.1) is 0 Å². The first-order chi connectivity index (χ1) is 9.52. The predicted octanol–water partition coefficient (Wildman–Crippen LogP) is 1.81. The van der Waals surface area contributed by atoms with Crippen molar-refractivity contribution in [1.29, 1.82) is 0 Å². The summed E-state index contributed by atoms with van der Waals surface area (Å²) in [6.07, 6.45) is 1.85. The molecule has 2 unspecified atom stereocenters. The van der Waals surface area contributed by atoms with Gasteiger partial charge in [0.1, 0.15) is 5.82 Å². The minimum atomic E-state index is -0.277. The van der Waals surface area contributed by atoms with Gasteiger partial charge in [-0.1, -0.05) is 0 Å². The quantitative estimate of drug-likeness (QED) is 0.887. The maximum absolute atomic E-state index is 13.4. The maximum atomic E-state index is 13.4. The van der Waals surface area contributed by atoms with Crippen LogP contribution in [-0.4, -0.2) is 26.0 Å². The molecule has 20 heavy (non-hydrogen) atoms. The molecule has 1 amide bonds. The summed E-state index contributed by atoms with van der Waals surface area (Å²) in [6, 6.07) is 4.47. The molecule has 1 saturated heterocycles. The SMILES string of the molecule is CNC(=O)C1CCCN(c2ccc(F)cc2C(C)N)C1. The van der Waals surface area contributed by atoms with Gasteiger partial charge in [0.05, 0.1) is 5.92 Å². The molecule has 1 heterocycles. The number of benzene rings is 1. The zero-order valence-corrected chi connectivity index (χ0v) is 12.0. The van der Waals surface area contributed by atoms with Gasteiger partial charge in [0.15, 0.2) is 0 Å². The number of amides is 1. The van der Waals surface area contributed by atoms with Gasteiger partial charge < -0.3 is 16.0 Å². The van der Waals surface area contributed by atoms with Crippen LogP contribution in [0.3, 0.4) is 0 Å². The van der Waals surface area contributed by atoms with Crippen molar-refractivity contribution in [1.82, 2.24) is 5.32 Å². The highest BCUT2D eigenvalue weighted by molar-refractivity contribution is 5.79. The summed E-state index contributed by atoms with van der Waals surface area (Å²) in [4.78, 5) is 13.9. The third kappa shape index (κ3) is 3.10. The molecule has 1 aliphatic rings. The first kappa shape index (κ1) is 14.8. The van der Waals surface area contributed by atoms with E-state index in [9.17, 15) is 9.18 Å². The Kier molecular flexibility index (Phi) is 4.60. The van der Waals surface area contributed by atoms with Crippen LogP contribution >= 0.6 is 0 Å². The molecular weight excluding hydrogens is 257 g/mol. The highest BCUT2D eigenvalue weighted by Gasteiger charge is 2.26. The fourth-order valence-corrected chi connectivity index (χ4v) is 2.79. The van der Waals surface area contributed by atoms with E-state index < -0.39 is 0 Å². The second-order valence-electron chi connectivity index (χ2n) is 5.39. The Bertz CT molecular complexity index is 490. The molecule has 0 aromatic heterocycles. The molecule has 0 radical (unpaired) electrons. The second-order valence-corrected chi connectivity index (χ2v) is 5.39. The highest BCUT2D eigenvalue weighted by atomic mass is 19.1. The average molecular weight is 279 g/mol. The van der Waals surface area contributed by atoms with Gasteiger partial charge in [0.2, 0.25) is 5.91 Å². The molecule has 5 heteroatoms. The molecule has 0 spiro atoms. The molecule has 1 fully saturated rings. The van der Waals surface area contributed by atoms with Gasteiger partial charge in [-0.2, -0.15) is 0 Å². The Labute approximate surface area is 119 Å². The van der Waals surface area contributed by atoms with Crippen LogP contribution in [0.4, 0.5) is 10.1 Å². The number of anilines is 1. The van der Waals surface area contributed by atoms with E-state index in [1.807, 2.05) is 6.92 Å². The summed E-state index contributed by atoms with van der Waals surface area (Å²) < 4.78 is 13.4. The van der Waals surface area contributed by atoms with Gasteiger partial charge in [0.25, 0.3) is 0 Å². The molecule has 4 nitrogen and oxygen atoms in total. The maximum Gasteiger partial charge on any atom is 0.224 e. The van der Waals surface area contributed by atoms with E-state index in [2.05, 4.69) is 10.2 Å².